The topological polar surface area (TPSA) is 56.8 Å². The molecular weight excluding hydrogens is 262 g/mol. The van der Waals surface area contributed by atoms with E-state index in [1.165, 1.54) is 24.3 Å². The van der Waals surface area contributed by atoms with Crippen LogP contribution in [-0.4, -0.2) is 0 Å². The smallest absolute Gasteiger partial charge is 0.166 e. The van der Waals surface area contributed by atoms with Crippen LogP contribution < -0.4 is 4.74 Å². The first-order valence-electron chi connectivity index (χ1n) is 5.65. The van der Waals surface area contributed by atoms with E-state index >= 15 is 0 Å². The summed E-state index contributed by atoms with van der Waals surface area (Å²) in [6, 6.07) is 11.4. The molecular formula is C15H8F2N2O. The average molecular weight is 270 g/mol. The van der Waals surface area contributed by atoms with Gasteiger partial charge in [-0.3, -0.25) is 0 Å². The standard InChI is InChI=1S/C15H8F2N2O/c16-13-3-1-11(5-12(13)8-19)9-20-15-4-2-10(7-18)6-14(15)17/h1-6H,9H2. The SMILES string of the molecule is N#Cc1ccc(OCc2ccc(F)c(C#N)c2)c(F)c1. The summed E-state index contributed by atoms with van der Waals surface area (Å²) in [6.45, 7) is -0.00220. The molecule has 0 aliphatic rings. The van der Waals surface area contributed by atoms with Crippen LogP contribution in [0.5, 0.6) is 5.75 Å². The average Bonchev–Trinajstić information content (AvgIpc) is 2.47. The maximum Gasteiger partial charge on any atom is 0.166 e. The van der Waals surface area contributed by atoms with Crippen LogP contribution >= 0.6 is 0 Å². The molecule has 2 aromatic carbocycles. The Bertz CT molecular complexity index is 730. The number of ether oxygens (including phenoxy) is 1. The van der Waals surface area contributed by atoms with E-state index in [9.17, 15) is 8.78 Å². The van der Waals surface area contributed by atoms with Gasteiger partial charge in [-0.05, 0) is 35.9 Å². The summed E-state index contributed by atoms with van der Waals surface area (Å²) in [7, 11) is 0. The van der Waals surface area contributed by atoms with E-state index in [1.807, 2.05) is 6.07 Å². The van der Waals surface area contributed by atoms with E-state index in [1.54, 1.807) is 6.07 Å². The van der Waals surface area contributed by atoms with Gasteiger partial charge in [0.05, 0.1) is 17.2 Å². The predicted octanol–water partition coefficient (Wildman–Crippen LogP) is 3.29. The Morgan fingerprint density at radius 1 is 0.950 bits per heavy atom. The second-order valence-electron chi connectivity index (χ2n) is 3.97. The van der Waals surface area contributed by atoms with Crippen molar-refractivity contribution in [1.82, 2.24) is 0 Å². The Hall–Kier alpha value is -2.92. The van der Waals surface area contributed by atoms with Crippen molar-refractivity contribution in [1.29, 1.82) is 10.5 Å². The molecule has 0 unspecified atom stereocenters. The monoisotopic (exact) mass is 270 g/mol. The Morgan fingerprint density at radius 2 is 1.75 bits per heavy atom. The van der Waals surface area contributed by atoms with Gasteiger partial charge in [-0.15, -0.1) is 0 Å². The summed E-state index contributed by atoms with van der Waals surface area (Å²) in [5, 5.41) is 17.3. The molecule has 0 spiro atoms. The van der Waals surface area contributed by atoms with Crippen LogP contribution in [0.15, 0.2) is 36.4 Å². The second kappa shape index (κ2) is 5.81. The normalized spacial score (nSPS) is 9.60. The van der Waals surface area contributed by atoms with E-state index in [4.69, 9.17) is 15.3 Å². The predicted molar refractivity (Wildman–Crippen MR) is 66.6 cm³/mol. The highest BCUT2D eigenvalue weighted by Gasteiger charge is 2.07. The number of nitrogens with zero attached hydrogens (tertiary/aromatic N) is 2. The van der Waals surface area contributed by atoms with Gasteiger partial charge in [0, 0.05) is 0 Å². The molecule has 0 N–H and O–H groups in total. The van der Waals surface area contributed by atoms with Gasteiger partial charge < -0.3 is 4.74 Å². The van der Waals surface area contributed by atoms with Gasteiger partial charge in [0.15, 0.2) is 11.6 Å². The molecule has 3 nitrogen and oxygen atoms in total. The van der Waals surface area contributed by atoms with Crippen LogP contribution in [0.4, 0.5) is 8.78 Å². The molecule has 0 saturated carbocycles. The maximum atomic E-state index is 13.6. The molecule has 0 fully saturated rings. The molecule has 0 amide bonds. The van der Waals surface area contributed by atoms with Crippen molar-refractivity contribution >= 4 is 0 Å². The molecule has 0 aliphatic carbocycles. The number of halogens is 2. The Balaban J connectivity index is 2.13. The van der Waals surface area contributed by atoms with Crippen LogP contribution in [0.2, 0.25) is 0 Å². The fourth-order valence-electron chi connectivity index (χ4n) is 1.60. The highest BCUT2D eigenvalue weighted by molar-refractivity contribution is 5.37. The number of hydrogen-bond donors (Lipinski definition) is 0. The largest absolute Gasteiger partial charge is 0.486 e. The Morgan fingerprint density at radius 3 is 2.40 bits per heavy atom. The van der Waals surface area contributed by atoms with Crippen LogP contribution in [0.1, 0.15) is 16.7 Å². The van der Waals surface area contributed by atoms with E-state index < -0.39 is 11.6 Å². The highest BCUT2D eigenvalue weighted by atomic mass is 19.1. The third-order valence-electron chi connectivity index (χ3n) is 2.61. The van der Waals surface area contributed by atoms with E-state index in [2.05, 4.69) is 0 Å². The summed E-state index contributed by atoms with van der Waals surface area (Å²) in [5.74, 6) is -1.26. The Labute approximate surface area is 114 Å². The van der Waals surface area contributed by atoms with Crippen LogP contribution in [0, 0.1) is 34.3 Å². The molecule has 0 radical (unpaired) electrons. The summed E-state index contributed by atoms with van der Waals surface area (Å²) in [6.07, 6.45) is 0. The first-order chi connectivity index (χ1) is 9.63. The zero-order valence-corrected chi connectivity index (χ0v) is 10.2. The summed E-state index contributed by atoms with van der Waals surface area (Å²) in [4.78, 5) is 0. The molecule has 0 aromatic heterocycles. The number of rotatable bonds is 3. The van der Waals surface area contributed by atoms with Gasteiger partial charge in [0.1, 0.15) is 18.5 Å². The lowest BCUT2D eigenvalue weighted by atomic mass is 10.1. The molecule has 0 bridgehead atoms. The highest BCUT2D eigenvalue weighted by Crippen LogP contribution is 2.20. The minimum Gasteiger partial charge on any atom is -0.486 e. The van der Waals surface area contributed by atoms with Gasteiger partial charge in [-0.2, -0.15) is 10.5 Å². The quantitative estimate of drug-likeness (QED) is 0.859. The summed E-state index contributed by atoms with van der Waals surface area (Å²) >= 11 is 0. The summed E-state index contributed by atoms with van der Waals surface area (Å²) in [5.41, 5.74) is 0.654. The van der Waals surface area contributed by atoms with Crippen molar-refractivity contribution in [2.75, 3.05) is 0 Å². The third-order valence-corrected chi connectivity index (χ3v) is 2.61. The fourth-order valence-corrected chi connectivity index (χ4v) is 1.60. The molecule has 2 aromatic rings. The van der Waals surface area contributed by atoms with Crippen molar-refractivity contribution in [3.63, 3.8) is 0 Å². The van der Waals surface area contributed by atoms with Gasteiger partial charge in [-0.25, -0.2) is 8.78 Å². The molecule has 5 heteroatoms. The van der Waals surface area contributed by atoms with Crippen LogP contribution in [-0.2, 0) is 6.61 Å². The van der Waals surface area contributed by atoms with Gasteiger partial charge >= 0.3 is 0 Å². The lowest BCUT2D eigenvalue weighted by Crippen LogP contribution is -1.99. The van der Waals surface area contributed by atoms with E-state index in [-0.39, 0.29) is 23.5 Å². The molecule has 0 heterocycles. The Kier molecular flexibility index (Phi) is 3.93. The zero-order chi connectivity index (χ0) is 14.5. The molecule has 98 valence electrons. The van der Waals surface area contributed by atoms with Crippen LogP contribution in [0.3, 0.4) is 0 Å². The van der Waals surface area contributed by atoms with Crippen molar-refractivity contribution in [2.24, 2.45) is 0 Å². The minimum atomic E-state index is -0.647. The maximum absolute atomic E-state index is 13.6. The molecule has 0 saturated heterocycles. The van der Waals surface area contributed by atoms with Crippen molar-refractivity contribution in [3.05, 3.63) is 64.7 Å². The van der Waals surface area contributed by atoms with Crippen molar-refractivity contribution in [3.8, 4) is 17.9 Å². The van der Waals surface area contributed by atoms with E-state index in [0.717, 1.165) is 12.1 Å². The summed E-state index contributed by atoms with van der Waals surface area (Å²) < 4.78 is 31.9. The van der Waals surface area contributed by atoms with Gasteiger partial charge in [0.25, 0.3) is 0 Å². The van der Waals surface area contributed by atoms with Gasteiger partial charge in [0.2, 0.25) is 0 Å². The minimum absolute atomic E-state index is 0.00220. The second-order valence-corrected chi connectivity index (χ2v) is 3.97. The first kappa shape index (κ1) is 13.5. The molecule has 0 atom stereocenters. The van der Waals surface area contributed by atoms with Crippen molar-refractivity contribution < 1.29 is 13.5 Å². The first-order valence-corrected chi connectivity index (χ1v) is 5.65. The number of nitriles is 2. The van der Waals surface area contributed by atoms with Gasteiger partial charge in [-0.1, -0.05) is 6.07 Å². The van der Waals surface area contributed by atoms with Crippen molar-refractivity contribution in [2.45, 2.75) is 6.61 Å². The fraction of sp³-hybridized carbons (Fsp3) is 0.0667. The third kappa shape index (κ3) is 2.90. The lowest BCUT2D eigenvalue weighted by Gasteiger charge is -2.08. The molecule has 2 rings (SSSR count). The zero-order valence-electron chi connectivity index (χ0n) is 10.2. The van der Waals surface area contributed by atoms with Crippen LogP contribution in [0.25, 0.3) is 0 Å². The lowest BCUT2D eigenvalue weighted by molar-refractivity contribution is 0.290. The van der Waals surface area contributed by atoms with E-state index in [0.29, 0.717) is 5.56 Å². The number of benzene rings is 2. The number of hydrogen-bond acceptors (Lipinski definition) is 3. The molecule has 20 heavy (non-hydrogen) atoms. The molecule has 0 aliphatic heterocycles.